The van der Waals surface area contributed by atoms with Crippen LogP contribution in [0.15, 0.2) is 0 Å². The van der Waals surface area contributed by atoms with Crippen molar-refractivity contribution in [2.75, 3.05) is 6.61 Å². The van der Waals surface area contributed by atoms with Crippen LogP contribution in [0.4, 0.5) is 4.79 Å². The number of aliphatic hydroxyl groups excluding tert-OH is 1. The summed E-state index contributed by atoms with van der Waals surface area (Å²) in [5, 5.41) is 12.7. The summed E-state index contributed by atoms with van der Waals surface area (Å²) < 4.78 is 9.93. The van der Waals surface area contributed by atoms with Gasteiger partial charge in [0.05, 0.1) is 25.2 Å². The van der Waals surface area contributed by atoms with Crippen molar-refractivity contribution in [3.63, 3.8) is 0 Å². The summed E-state index contributed by atoms with van der Waals surface area (Å²) in [4.78, 5) is 23.1. The number of esters is 1. The minimum atomic E-state index is -1.01. The molecule has 20 heavy (non-hydrogen) atoms. The van der Waals surface area contributed by atoms with Crippen LogP contribution in [0.5, 0.6) is 0 Å². The average molecular weight is 289 g/mol. The van der Waals surface area contributed by atoms with E-state index in [4.69, 9.17) is 9.47 Å². The second kappa shape index (κ2) is 8.09. The van der Waals surface area contributed by atoms with Crippen molar-refractivity contribution in [1.29, 1.82) is 0 Å². The molecule has 6 nitrogen and oxygen atoms in total. The number of amides is 1. The van der Waals surface area contributed by atoms with Gasteiger partial charge in [-0.25, -0.2) is 4.79 Å². The number of aliphatic hydroxyl groups is 1. The van der Waals surface area contributed by atoms with Crippen LogP contribution in [0.2, 0.25) is 0 Å². The van der Waals surface area contributed by atoms with Gasteiger partial charge in [0.1, 0.15) is 5.60 Å². The Labute approximate surface area is 120 Å². The van der Waals surface area contributed by atoms with Crippen molar-refractivity contribution in [3.8, 4) is 0 Å². The Morgan fingerprint density at radius 2 is 1.80 bits per heavy atom. The van der Waals surface area contributed by atoms with Crippen LogP contribution in [0.3, 0.4) is 0 Å². The molecule has 2 N–H and O–H groups in total. The van der Waals surface area contributed by atoms with E-state index in [-0.39, 0.29) is 18.9 Å². The molecule has 0 aromatic heterocycles. The summed E-state index contributed by atoms with van der Waals surface area (Å²) in [5.74, 6) is -0.538. The van der Waals surface area contributed by atoms with Crippen LogP contribution < -0.4 is 5.32 Å². The topological polar surface area (TPSA) is 84.9 Å². The van der Waals surface area contributed by atoms with Crippen LogP contribution in [0, 0.1) is 5.92 Å². The van der Waals surface area contributed by atoms with Crippen LogP contribution in [-0.2, 0) is 14.3 Å². The number of rotatable bonds is 6. The number of ether oxygens (including phenoxy) is 2. The first-order chi connectivity index (χ1) is 9.06. The molecule has 2 atom stereocenters. The Morgan fingerprint density at radius 1 is 1.25 bits per heavy atom. The maximum Gasteiger partial charge on any atom is 0.407 e. The molecule has 0 aliphatic heterocycles. The lowest BCUT2D eigenvalue weighted by Gasteiger charge is -2.28. The molecule has 0 heterocycles. The fourth-order valence-electron chi connectivity index (χ4n) is 1.67. The molecule has 1 unspecified atom stereocenters. The molecule has 0 aromatic rings. The average Bonchev–Trinajstić information content (AvgIpc) is 2.22. The molecule has 6 heteroatoms. The Bertz CT molecular complexity index is 322. The summed E-state index contributed by atoms with van der Waals surface area (Å²) in [6, 6.07) is -0.575. The Hall–Kier alpha value is -1.30. The summed E-state index contributed by atoms with van der Waals surface area (Å²) in [7, 11) is 0. The fraction of sp³-hybridized carbons (Fsp3) is 0.857. The van der Waals surface area contributed by atoms with E-state index in [2.05, 4.69) is 5.32 Å². The maximum absolute atomic E-state index is 11.7. The van der Waals surface area contributed by atoms with E-state index in [1.807, 2.05) is 13.8 Å². The van der Waals surface area contributed by atoms with Crippen molar-refractivity contribution < 1.29 is 24.2 Å². The van der Waals surface area contributed by atoms with E-state index in [9.17, 15) is 14.7 Å². The number of carbonyl (C=O) groups excluding carboxylic acids is 2. The van der Waals surface area contributed by atoms with Gasteiger partial charge in [-0.15, -0.1) is 0 Å². The Morgan fingerprint density at radius 3 is 2.20 bits per heavy atom. The maximum atomic E-state index is 11.7. The lowest BCUT2D eigenvalue weighted by atomic mass is 9.96. The highest BCUT2D eigenvalue weighted by atomic mass is 16.6. The van der Waals surface area contributed by atoms with Gasteiger partial charge in [-0.05, 0) is 33.6 Å². The largest absolute Gasteiger partial charge is 0.466 e. The van der Waals surface area contributed by atoms with Crippen molar-refractivity contribution in [3.05, 3.63) is 0 Å². The van der Waals surface area contributed by atoms with Gasteiger partial charge in [-0.3, -0.25) is 4.79 Å². The quantitative estimate of drug-likeness (QED) is 0.729. The van der Waals surface area contributed by atoms with Gasteiger partial charge >= 0.3 is 12.1 Å². The monoisotopic (exact) mass is 289 g/mol. The van der Waals surface area contributed by atoms with Gasteiger partial charge in [0.2, 0.25) is 0 Å². The minimum Gasteiger partial charge on any atom is -0.466 e. The molecule has 0 saturated heterocycles. The van der Waals surface area contributed by atoms with Crippen LogP contribution >= 0.6 is 0 Å². The van der Waals surface area contributed by atoms with E-state index in [0.29, 0.717) is 0 Å². The highest BCUT2D eigenvalue weighted by molar-refractivity contribution is 5.71. The SMILES string of the molecule is CCOC(=O)CC(O)[C@H](NC(=O)OC(C)(C)C)C(C)C. The van der Waals surface area contributed by atoms with Gasteiger partial charge in [0.15, 0.2) is 0 Å². The molecule has 0 radical (unpaired) electrons. The molecular formula is C14H27NO5. The first-order valence-corrected chi connectivity index (χ1v) is 6.90. The zero-order valence-corrected chi connectivity index (χ0v) is 13.2. The molecule has 0 aromatic carbocycles. The number of nitrogens with one attached hydrogen (secondary N) is 1. The van der Waals surface area contributed by atoms with E-state index in [0.717, 1.165) is 0 Å². The first kappa shape index (κ1) is 18.7. The molecule has 0 spiro atoms. The van der Waals surface area contributed by atoms with E-state index >= 15 is 0 Å². The molecule has 0 aliphatic rings. The van der Waals surface area contributed by atoms with Gasteiger partial charge < -0.3 is 19.9 Å². The van der Waals surface area contributed by atoms with Gasteiger partial charge in [-0.2, -0.15) is 0 Å². The highest BCUT2D eigenvalue weighted by Crippen LogP contribution is 2.13. The van der Waals surface area contributed by atoms with Crippen LogP contribution in [0.25, 0.3) is 0 Å². The normalized spacial score (nSPS) is 14.6. The summed E-state index contributed by atoms with van der Waals surface area (Å²) in [6.07, 6.45) is -1.78. The second-order valence-electron chi connectivity index (χ2n) is 5.99. The smallest absolute Gasteiger partial charge is 0.407 e. The number of hydrogen-bond donors (Lipinski definition) is 2. The zero-order valence-electron chi connectivity index (χ0n) is 13.2. The standard InChI is InChI=1S/C14H27NO5/c1-7-19-11(17)8-10(16)12(9(2)3)15-13(18)20-14(4,5)6/h9-10,12,16H,7-8H2,1-6H3,(H,15,18)/t10?,12-/m1/s1. The predicted octanol–water partition coefficient (Wildman–Crippen LogP) is 1.85. The number of carbonyl (C=O) groups is 2. The molecule has 1 amide bonds. The summed E-state index contributed by atoms with van der Waals surface area (Å²) in [6.45, 7) is 10.9. The minimum absolute atomic E-state index is 0.0491. The van der Waals surface area contributed by atoms with Crippen LogP contribution in [-0.4, -0.2) is 41.5 Å². The molecule has 0 fully saturated rings. The van der Waals surface area contributed by atoms with Crippen molar-refractivity contribution in [2.24, 2.45) is 5.92 Å². The van der Waals surface area contributed by atoms with Crippen molar-refractivity contribution >= 4 is 12.1 Å². The molecule has 0 rings (SSSR count). The van der Waals surface area contributed by atoms with Crippen molar-refractivity contribution in [1.82, 2.24) is 5.32 Å². The molecule has 0 bridgehead atoms. The summed E-state index contributed by atoms with van der Waals surface area (Å²) in [5.41, 5.74) is -0.613. The van der Waals surface area contributed by atoms with Crippen LogP contribution in [0.1, 0.15) is 48.0 Å². The predicted molar refractivity (Wildman–Crippen MR) is 75.3 cm³/mol. The fourth-order valence-corrected chi connectivity index (χ4v) is 1.67. The first-order valence-electron chi connectivity index (χ1n) is 6.90. The molecule has 0 saturated carbocycles. The van der Waals surface area contributed by atoms with E-state index in [1.54, 1.807) is 27.7 Å². The Kier molecular flexibility index (Phi) is 7.57. The van der Waals surface area contributed by atoms with Crippen molar-refractivity contribution in [2.45, 2.75) is 65.7 Å². The number of hydrogen-bond acceptors (Lipinski definition) is 5. The van der Waals surface area contributed by atoms with E-state index < -0.39 is 29.8 Å². The summed E-state index contributed by atoms with van der Waals surface area (Å²) >= 11 is 0. The molecular weight excluding hydrogens is 262 g/mol. The molecule has 118 valence electrons. The molecule has 0 aliphatic carbocycles. The third-order valence-corrected chi connectivity index (χ3v) is 2.50. The zero-order chi connectivity index (χ0) is 15.9. The van der Waals surface area contributed by atoms with Gasteiger partial charge in [0, 0.05) is 0 Å². The lowest BCUT2D eigenvalue weighted by molar-refractivity contribution is -0.146. The second-order valence-corrected chi connectivity index (χ2v) is 5.99. The Balaban J connectivity index is 4.56. The third-order valence-electron chi connectivity index (χ3n) is 2.50. The van der Waals surface area contributed by atoms with Gasteiger partial charge in [0.25, 0.3) is 0 Å². The third kappa shape index (κ3) is 7.99. The highest BCUT2D eigenvalue weighted by Gasteiger charge is 2.28. The van der Waals surface area contributed by atoms with E-state index in [1.165, 1.54) is 0 Å². The number of alkyl carbamates (subject to hydrolysis) is 1. The lowest BCUT2D eigenvalue weighted by Crippen LogP contribution is -2.49. The van der Waals surface area contributed by atoms with Gasteiger partial charge in [-0.1, -0.05) is 13.8 Å².